The fraction of sp³-hybridized carbons (Fsp3) is 1.00. The van der Waals surface area contributed by atoms with Crippen LogP contribution in [0.3, 0.4) is 0 Å². The largest absolute Gasteiger partial charge is 0.312 e. The Morgan fingerprint density at radius 1 is 1.43 bits per heavy atom. The van der Waals surface area contributed by atoms with Crippen LogP contribution < -0.4 is 5.32 Å². The van der Waals surface area contributed by atoms with Gasteiger partial charge in [0.2, 0.25) is 0 Å². The molecule has 1 unspecified atom stereocenters. The molecule has 0 spiro atoms. The molecule has 2 fully saturated rings. The second-order valence-corrected chi connectivity index (χ2v) is 5.77. The van der Waals surface area contributed by atoms with Gasteiger partial charge in [0.15, 0.2) is 0 Å². The molecule has 1 saturated carbocycles. The lowest BCUT2D eigenvalue weighted by atomic mass is 10.1. The third-order valence-corrected chi connectivity index (χ3v) is 3.87. The van der Waals surface area contributed by atoms with Gasteiger partial charge in [-0.1, -0.05) is 6.92 Å². The molecule has 2 heteroatoms. The van der Waals surface area contributed by atoms with Crippen LogP contribution in [0.15, 0.2) is 0 Å². The van der Waals surface area contributed by atoms with Crippen LogP contribution in [0.4, 0.5) is 0 Å². The van der Waals surface area contributed by atoms with Crippen molar-refractivity contribution in [3.63, 3.8) is 0 Å². The number of nitrogens with one attached hydrogen (secondary N) is 1. The highest BCUT2D eigenvalue weighted by Crippen LogP contribution is 2.44. The minimum atomic E-state index is 0.658. The van der Waals surface area contributed by atoms with Gasteiger partial charge in [-0.2, -0.15) is 0 Å². The van der Waals surface area contributed by atoms with Crippen molar-refractivity contribution in [2.75, 3.05) is 19.6 Å². The van der Waals surface area contributed by atoms with Crippen LogP contribution >= 0.6 is 0 Å². The fourth-order valence-electron chi connectivity index (χ4n) is 2.20. The van der Waals surface area contributed by atoms with E-state index in [9.17, 15) is 0 Å². The summed E-state index contributed by atoms with van der Waals surface area (Å²) in [5.41, 5.74) is 0.658. The highest BCUT2D eigenvalue weighted by Gasteiger charge is 2.37. The van der Waals surface area contributed by atoms with Crippen LogP contribution in [0.2, 0.25) is 0 Å². The molecule has 0 bridgehead atoms. The Morgan fingerprint density at radius 3 is 2.64 bits per heavy atom. The smallest absolute Gasteiger partial charge is 0.0207 e. The molecule has 1 aliphatic heterocycles. The van der Waals surface area contributed by atoms with Gasteiger partial charge in [0.05, 0.1) is 0 Å². The maximum absolute atomic E-state index is 3.73. The summed E-state index contributed by atoms with van der Waals surface area (Å²) < 4.78 is 0. The van der Waals surface area contributed by atoms with Gasteiger partial charge in [-0.05, 0) is 45.1 Å². The van der Waals surface area contributed by atoms with E-state index in [0.29, 0.717) is 5.41 Å². The zero-order chi connectivity index (χ0) is 10.2. The normalized spacial score (nSPS) is 31.3. The lowest BCUT2D eigenvalue weighted by Crippen LogP contribution is -2.37. The first kappa shape index (κ1) is 10.4. The summed E-state index contributed by atoms with van der Waals surface area (Å²) in [6, 6.07) is 1.48. The van der Waals surface area contributed by atoms with Crippen LogP contribution in [-0.2, 0) is 0 Å². The number of rotatable bonds is 4. The van der Waals surface area contributed by atoms with Gasteiger partial charge >= 0.3 is 0 Å². The molecule has 0 aromatic heterocycles. The first-order chi connectivity index (χ1) is 6.59. The van der Waals surface area contributed by atoms with Crippen molar-refractivity contribution in [3.05, 3.63) is 0 Å². The van der Waals surface area contributed by atoms with Crippen LogP contribution in [0, 0.1) is 5.41 Å². The summed E-state index contributed by atoms with van der Waals surface area (Å²) in [5.74, 6) is 0. The fourth-order valence-corrected chi connectivity index (χ4v) is 2.20. The number of hydrogen-bond acceptors (Lipinski definition) is 2. The molecular formula is C12H24N2. The summed E-state index contributed by atoms with van der Waals surface area (Å²) >= 11 is 0. The topological polar surface area (TPSA) is 15.3 Å². The van der Waals surface area contributed by atoms with Crippen LogP contribution in [0.1, 0.15) is 40.0 Å². The van der Waals surface area contributed by atoms with E-state index in [2.05, 4.69) is 31.0 Å². The Bertz CT molecular complexity index is 196. The van der Waals surface area contributed by atoms with E-state index in [1.54, 1.807) is 0 Å². The highest BCUT2D eigenvalue weighted by molar-refractivity contribution is 4.92. The Kier molecular flexibility index (Phi) is 2.85. The molecule has 1 heterocycles. The monoisotopic (exact) mass is 196 g/mol. The number of likely N-dealkylation sites (tertiary alicyclic amines) is 1. The van der Waals surface area contributed by atoms with Crippen molar-refractivity contribution in [2.24, 2.45) is 5.41 Å². The average molecular weight is 196 g/mol. The van der Waals surface area contributed by atoms with Gasteiger partial charge in [0, 0.05) is 25.2 Å². The molecule has 1 N–H and O–H groups in total. The first-order valence-corrected chi connectivity index (χ1v) is 6.06. The Morgan fingerprint density at radius 2 is 2.14 bits per heavy atom. The molecule has 2 rings (SSSR count). The van der Waals surface area contributed by atoms with Crippen molar-refractivity contribution >= 4 is 0 Å². The minimum absolute atomic E-state index is 0.658. The van der Waals surface area contributed by atoms with Crippen molar-refractivity contribution in [1.29, 1.82) is 0 Å². The molecule has 1 aliphatic carbocycles. The van der Waals surface area contributed by atoms with Gasteiger partial charge in [-0.3, -0.25) is 4.90 Å². The Hall–Kier alpha value is -0.0800. The van der Waals surface area contributed by atoms with Crippen LogP contribution in [-0.4, -0.2) is 36.6 Å². The van der Waals surface area contributed by atoms with E-state index in [0.717, 1.165) is 12.1 Å². The van der Waals surface area contributed by atoms with Gasteiger partial charge in [-0.25, -0.2) is 0 Å². The standard InChI is InChI=1S/C12H24N2/c1-10(2)14-7-4-11(8-14)13-9-12(3)5-6-12/h10-11,13H,4-9H2,1-3H3. The van der Waals surface area contributed by atoms with E-state index < -0.39 is 0 Å². The summed E-state index contributed by atoms with van der Waals surface area (Å²) in [5, 5.41) is 3.73. The van der Waals surface area contributed by atoms with Gasteiger partial charge < -0.3 is 5.32 Å². The van der Waals surface area contributed by atoms with Crippen molar-refractivity contribution < 1.29 is 0 Å². The van der Waals surface area contributed by atoms with E-state index in [4.69, 9.17) is 0 Å². The number of nitrogens with zero attached hydrogens (tertiary/aromatic N) is 1. The van der Waals surface area contributed by atoms with Gasteiger partial charge in [-0.15, -0.1) is 0 Å². The van der Waals surface area contributed by atoms with Crippen LogP contribution in [0.5, 0.6) is 0 Å². The van der Waals surface area contributed by atoms with Crippen molar-refractivity contribution in [2.45, 2.75) is 52.1 Å². The van der Waals surface area contributed by atoms with E-state index >= 15 is 0 Å². The molecule has 0 aromatic carbocycles. The molecule has 0 amide bonds. The summed E-state index contributed by atoms with van der Waals surface area (Å²) in [7, 11) is 0. The Labute approximate surface area is 88.1 Å². The molecule has 1 atom stereocenters. The minimum Gasteiger partial charge on any atom is -0.312 e. The first-order valence-electron chi connectivity index (χ1n) is 6.06. The SMILES string of the molecule is CC(C)N1CCC(NCC2(C)CC2)C1. The highest BCUT2D eigenvalue weighted by atomic mass is 15.2. The average Bonchev–Trinajstić information content (AvgIpc) is 2.68. The molecule has 14 heavy (non-hydrogen) atoms. The zero-order valence-electron chi connectivity index (χ0n) is 9.84. The third-order valence-electron chi connectivity index (χ3n) is 3.87. The van der Waals surface area contributed by atoms with Crippen LogP contribution in [0.25, 0.3) is 0 Å². The van der Waals surface area contributed by atoms with E-state index in [-0.39, 0.29) is 0 Å². The molecule has 0 radical (unpaired) electrons. The molecule has 2 nitrogen and oxygen atoms in total. The van der Waals surface area contributed by atoms with Gasteiger partial charge in [0.1, 0.15) is 0 Å². The molecule has 1 saturated heterocycles. The zero-order valence-corrected chi connectivity index (χ0v) is 9.84. The van der Waals surface area contributed by atoms with Gasteiger partial charge in [0.25, 0.3) is 0 Å². The lowest BCUT2D eigenvalue weighted by molar-refractivity contribution is 0.266. The maximum Gasteiger partial charge on any atom is 0.0207 e. The molecule has 2 aliphatic rings. The van der Waals surface area contributed by atoms with E-state index in [1.807, 2.05) is 0 Å². The second-order valence-electron chi connectivity index (χ2n) is 5.77. The van der Waals surface area contributed by atoms with E-state index in [1.165, 1.54) is 38.9 Å². The molecule has 82 valence electrons. The summed E-state index contributed by atoms with van der Waals surface area (Å²) in [6.45, 7) is 10.8. The van der Waals surface area contributed by atoms with Crippen molar-refractivity contribution in [1.82, 2.24) is 10.2 Å². The summed E-state index contributed by atoms with van der Waals surface area (Å²) in [4.78, 5) is 2.58. The predicted molar refractivity (Wildman–Crippen MR) is 60.5 cm³/mol. The maximum atomic E-state index is 3.73. The molecule has 0 aromatic rings. The predicted octanol–water partition coefficient (Wildman–Crippen LogP) is 1.86. The molecular weight excluding hydrogens is 172 g/mol. The number of hydrogen-bond donors (Lipinski definition) is 1. The Balaban J connectivity index is 1.68. The summed E-state index contributed by atoms with van der Waals surface area (Å²) in [6.07, 6.45) is 4.20. The second kappa shape index (κ2) is 3.82. The third kappa shape index (κ3) is 2.48. The lowest BCUT2D eigenvalue weighted by Gasteiger charge is -2.21. The quantitative estimate of drug-likeness (QED) is 0.738. The van der Waals surface area contributed by atoms with Crippen molar-refractivity contribution in [3.8, 4) is 0 Å².